The fraction of sp³-hybridized carbons (Fsp3) is 0.348. The molecule has 3 rings (SSSR count). The molecule has 1 N–H and O–H groups in total. The third-order valence-electron chi connectivity index (χ3n) is 4.63. The molecular formula is C23H26N2O6. The highest BCUT2D eigenvalue weighted by Crippen LogP contribution is 2.30. The summed E-state index contributed by atoms with van der Waals surface area (Å²) >= 11 is 0. The number of anilines is 2. The molecule has 0 spiro atoms. The van der Waals surface area contributed by atoms with Crippen molar-refractivity contribution in [3.05, 3.63) is 48.0 Å². The van der Waals surface area contributed by atoms with Crippen molar-refractivity contribution in [2.45, 2.75) is 26.7 Å². The van der Waals surface area contributed by atoms with Gasteiger partial charge in [-0.15, -0.1) is 0 Å². The summed E-state index contributed by atoms with van der Waals surface area (Å²) in [5, 5.41) is 2.67. The first-order valence-electron chi connectivity index (χ1n) is 10.3. The second-order valence-electron chi connectivity index (χ2n) is 6.85. The number of rotatable bonds is 9. The lowest BCUT2D eigenvalue weighted by Crippen LogP contribution is -2.24. The standard InChI is InChI=1S/C23H26N2O6/c1-3-29-19-11-10-17(14-20(19)30-4-2)24-21(26)15-31-23(28)16-7-5-8-18(13-16)25-12-6-9-22(25)27/h5,7-8,10-11,13-14H,3-4,6,9,12,15H2,1-2H3,(H,24,26). The van der Waals surface area contributed by atoms with Crippen LogP contribution in [0.5, 0.6) is 11.5 Å². The molecule has 0 aliphatic carbocycles. The van der Waals surface area contributed by atoms with E-state index < -0.39 is 18.5 Å². The second kappa shape index (κ2) is 10.5. The van der Waals surface area contributed by atoms with E-state index in [1.54, 1.807) is 47.4 Å². The summed E-state index contributed by atoms with van der Waals surface area (Å²) < 4.78 is 16.2. The zero-order valence-electron chi connectivity index (χ0n) is 17.7. The fourth-order valence-electron chi connectivity index (χ4n) is 3.26. The van der Waals surface area contributed by atoms with Gasteiger partial charge in [0.15, 0.2) is 18.1 Å². The van der Waals surface area contributed by atoms with Gasteiger partial charge in [-0.3, -0.25) is 9.59 Å². The summed E-state index contributed by atoms with van der Waals surface area (Å²) in [6.45, 7) is 4.87. The molecule has 0 aromatic heterocycles. The van der Waals surface area contributed by atoms with Crippen molar-refractivity contribution >= 4 is 29.2 Å². The van der Waals surface area contributed by atoms with Crippen molar-refractivity contribution in [3.8, 4) is 11.5 Å². The zero-order chi connectivity index (χ0) is 22.2. The van der Waals surface area contributed by atoms with E-state index in [0.717, 1.165) is 6.42 Å². The largest absolute Gasteiger partial charge is 0.490 e. The Kier molecular flexibility index (Phi) is 7.48. The monoisotopic (exact) mass is 426 g/mol. The van der Waals surface area contributed by atoms with Crippen molar-refractivity contribution < 1.29 is 28.6 Å². The number of carbonyl (C=O) groups is 3. The van der Waals surface area contributed by atoms with Crippen LogP contribution >= 0.6 is 0 Å². The van der Waals surface area contributed by atoms with E-state index in [1.165, 1.54) is 0 Å². The number of carbonyl (C=O) groups excluding carboxylic acids is 3. The maximum atomic E-state index is 12.4. The van der Waals surface area contributed by atoms with E-state index in [4.69, 9.17) is 14.2 Å². The molecular weight excluding hydrogens is 400 g/mol. The SMILES string of the molecule is CCOc1ccc(NC(=O)COC(=O)c2cccc(N3CCCC3=O)c2)cc1OCC. The molecule has 1 heterocycles. The van der Waals surface area contributed by atoms with Crippen molar-refractivity contribution in [2.24, 2.45) is 0 Å². The van der Waals surface area contributed by atoms with Gasteiger partial charge in [-0.2, -0.15) is 0 Å². The Bertz CT molecular complexity index is 959. The van der Waals surface area contributed by atoms with E-state index in [0.29, 0.717) is 49.1 Å². The fourth-order valence-corrected chi connectivity index (χ4v) is 3.26. The zero-order valence-corrected chi connectivity index (χ0v) is 17.7. The van der Waals surface area contributed by atoms with Gasteiger partial charge in [0.05, 0.1) is 18.8 Å². The number of hydrogen-bond acceptors (Lipinski definition) is 6. The molecule has 2 amide bonds. The van der Waals surface area contributed by atoms with Gasteiger partial charge in [0.1, 0.15) is 0 Å². The number of hydrogen-bond donors (Lipinski definition) is 1. The summed E-state index contributed by atoms with van der Waals surface area (Å²) in [6.07, 6.45) is 1.30. The lowest BCUT2D eigenvalue weighted by atomic mass is 10.2. The normalized spacial score (nSPS) is 13.1. The minimum Gasteiger partial charge on any atom is -0.490 e. The Morgan fingerprint density at radius 3 is 2.52 bits per heavy atom. The predicted octanol–water partition coefficient (Wildman–Crippen LogP) is 3.41. The van der Waals surface area contributed by atoms with Gasteiger partial charge < -0.3 is 24.4 Å². The molecule has 0 saturated carbocycles. The molecule has 2 aromatic carbocycles. The van der Waals surface area contributed by atoms with Crippen molar-refractivity contribution in [1.82, 2.24) is 0 Å². The molecule has 0 atom stereocenters. The molecule has 8 heteroatoms. The van der Waals surface area contributed by atoms with Crippen LogP contribution in [0.4, 0.5) is 11.4 Å². The van der Waals surface area contributed by atoms with Crippen molar-refractivity contribution in [1.29, 1.82) is 0 Å². The molecule has 1 aliphatic rings. The molecule has 0 radical (unpaired) electrons. The maximum Gasteiger partial charge on any atom is 0.338 e. The molecule has 164 valence electrons. The van der Waals surface area contributed by atoms with Crippen LogP contribution in [0.25, 0.3) is 0 Å². The molecule has 0 bridgehead atoms. The van der Waals surface area contributed by atoms with Gasteiger partial charge in [-0.1, -0.05) is 6.07 Å². The molecule has 1 aliphatic heterocycles. The average Bonchev–Trinajstić information content (AvgIpc) is 3.20. The number of ether oxygens (including phenoxy) is 3. The van der Waals surface area contributed by atoms with Crippen molar-refractivity contribution in [2.75, 3.05) is 36.6 Å². The number of nitrogens with one attached hydrogen (secondary N) is 1. The minimum absolute atomic E-state index is 0.0340. The topological polar surface area (TPSA) is 94.2 Å². The van der Waals surface area contributed by atoms with Crippen LogP contribution in [0.15, 0.2) is 42.5 Å². The molecule has 31 heavy (non-hydrogen) atoms. The van der Waals surface area contributed by atoms with Gasteiger partial charge in [0, 0.05) is 30.4 Å². The van der Waals surface area contributed by atoms with E-state index in [1.807, 2.05) is 13.8 Å². The Morgan fingerprint density at radius 1 is 1.03 bits per heavy atom. The minimum atomic E-state index is -0.634. The van der Waals surface area contributed by atoms with Crippen LogP contribution in [0.2, 0.25) is 0 Å². The van der Waals surface area contributed by atoms with E-state index in [-0.39, 0.29) is 11.5 Å². The van der Waals surface area contributed by atoms with Gasteiger partial charge in [-0.25, -0.2) is 4.79 Å². The predicted molar refractivity (Wildman–Crippen MR) is 116 cm³/mol. The molecule has 1 saturated heterocycles. The Hall–Kier alpha value is -3.55. The van der Waals surface area contributed by atoms with Gasteiger partial charge >= 0.3 is 5.97 Å². The lowest BCUT2D eigenvalue weighted by molar-refractivity contribution is -0.119. The number of nitrogens with zero attached hydrogens (tertiary/aromatic N) is 1. The van der Waals surface area contributed by atoms with Crippen LogP contribution in [0, 0.1) is 0 Å². The summed E-state index contributed by atoms with van der Waals surface area (Å²) in [5.41, 5.74) is 1.44. The first kappa shape index (κ1) is 22.1. The highest BCUT2D eigenvalue weighted by Gasteiger charge is 2.22. The summed E-state index contributed by atoms with van der Waals surface area (Å²) in [7, 11) is 0. The van der Waals surface area contributed by atoms with Crippen LogP contribution in [-0.2, 0) is 14.3 Å². The Morgan fingerprint density at radius 2 is 1.81 bits per heavy atom. The molecule has 2 aromatic rings. The second-order valence-corrected chi connectivity index (χ2v) is 6.85. The molecule has 1 fully saturated rings. The van der Waals surface area contributed by atoms with Crippen LogP contribution in [0.1, 0.15) is 37.0 Å². The number of amides is 2. The first-order valence-corrected chi connectivity index (χ1v) is 10.3. The Balaban J connectivity index is 1.58. The third kappa shape index (κ3) is 5.75. The molecule has 8 nitrogen and oxygen atoms in total. The summed E-state index contributed by atoms with van der Waals surface area (Å²) in [5.74, 6) is 0.0282. The summed E-state index contributed by atoms with van der Waals surface area (Å²) in [6, 6.07) is 11.7. The highest BCUT2D eigenvalue weighted by molar-refractivity contribution is 5.98. The lowest BCUT2D eigenvalue weighted by Gasteiger charge is -2.16. The smallest absolute Gasteiger partial charge is 0.338 e. The van der Waals surface area contributed by atoms with Crippen LogP contribution in [0.3, 0.4) is 0 Å². The number of benzene rings is 2. The summed E-state index contributed by atoms with van der Waals surface area (Å²) in [4.78, 5) is 38.1. The number of esters is 1. The Labute approximate surface area is 181 Å². The molecule has 0 unspecified atom stereocenters. The van der Waals surface area contributed by atoms with Gasteiger partial charge in [-0.05, 0) is 50.6 Å². The van der Waals surface area contributed by atoms with E-state index in [2.05, 4.69) is 5.32 Å². The highest BCUT2D eigenvalue weighted by atomic mass is 16.5. The van der Waals surface area contributed by atoms with Crippen LogP contribution < -0.4 is 19.7 Å². The van der Waals surface area contributed by atoms with Crippen LogP contribution in [-0.4, -0.2) is 44.1 Å². The maximum absolute atomic E-state index is 12.4. The average molecular weight is 426 g/mol. The third-order valence-corrected chi connectivity index (χ3v) is 4.63. The van der Waals surface area contributed by atoms with E-state index in [9.17, 15) is 14.4 Å². The van der Waals surface area contributed by atoms with Crippen molar-refractivity contribution in [3.63, 3.8) is 0 Å². The van der Waals surface area contributed by atoms with E-state index >= 15 is 0 Å². The quantitative estimate of drug-likeness (QED) is 0.618. The van der Waals surface area contributed by atoms with Gasteiger partial charge in [0.25, 0.3) is 5.91 Å². The van der Waals surface area contributed by atoms with Gasteiger partial charge in [0.2, 0.25) is 5.91 Å². The first-order chi connectivity index (χ1) is 15.0.